The molecule has 2 heterocycles. The predicted octanol–water partition coefficient (Wildman–Crippen LogP) is 0.323. The highest BCUT2D eigenvalue weighted by Crippen LogP contribution is 2.31. The SMILES string of the molecule is O=CC1(c2ccc3[nH]c(=O)[nH]c3c2)COC1. The van der Waals surface area contributed by atoms with Crippen LogP contribution in [0.2, 0.25) is 0 Å². The number of benzene rings is 1. The lowest BCUT2D eigenvalue weighted by molar-refractivity contribution is -0.129. The summed E-state index contributed by atoms with van der Waals surface area (Å²) in [6.07, 6.45) is 0.919. The number of carbonyl (C=O) groups excluding carboxylic acids is 1. The average molecular weight is 218 g/mol. The Hall–Kier alpha value is -1.88. The number of aromatic nitrogens is 2. The Morgan fingerprint density at radius 3 is 2.62 bits per heavy atom. The van der Waals surface area contributed by atoms with Gasteiger partial charge in [0.15, 0.2) is 0 Å². The van der Waals surface area contributed by atoms with E-state index in [0.29, 0.717) is 13.2 Å². The standard InChI is InChI=1S/C11H10N2O3/c14-4-11(5-16-6-11)7-1-2-8-9(3-7)13-10(15)12-8/h1-4H,5-6H2,(H2,12,13,15). The first-order chi connectivity index (χ1) is 7.73. The molecule has 1 aromatic heterocycles. The quantitative estimate of drug-likeness (QED) is 0.713. The molecule has 1 aromatic carbocycles. The first kappa shape index (κ1) is 9.35. The van der Waals surface area contributed by atoms with Gasteiger partial charge in [-0.2, -0.15) is 0 Å². The number of aromatic amines is 2. The topological polar surface area (TPSA) is 75.0 Å². The minimum atomic E-state index is -0.525. The first-order valence-corrected chi connectivity index (χ1v) is 5.00. The van der Waals surface area contributed by atoms with E-state index in [1.165, 1.54) is 0 Å². The van der Waals surface area contributed by atoms with Gasteiger partial charge in [-0.3, -0.25) is 0 Å². The van der Waals surface area contributed by atoms with Gasteiger partial charge in [-0.1, -0.05) is 6.07 Å². The number of hydrogen-bond acceptors (Lipinski definition) is 3. The molecule has 0 spiro atoms. The molecule has 3 rings (SSSR count). The fourth-order valence-electron chi connectivity index (χ4n) is 1.97. The fourth-order valence-corrected chi connectivity index (χ4v) is 1.97. The third-order valence-corrected chi connectivity index (χ3v) is 3.04. The molecule has 1 aliphatic rings. The molecule has 0 saturated carbocycles. The van der Waals surface area contributed by atoms with Gasteiger partial charge in [0, 0.05) is 0 Å². The molecule has 1 saturated heterocycles. The van der Waals surface area contributed by atoms with Crippen molar-refractivity contribution >= 4 is 17.3 Å². The van der Waals surface area contributed by atoms with Gasteiger partial charge in [0.05, 0.1) is 29.7 Å². The Kier molecular flexibility index (Phi) is 1.79. The molecule has 82 valence electrons. The van der Waals surface area contributed by atoms with Gasteiger partial charge in [0.1, 0.15) is 6.29 Å². The van der Waals surface area contributed by atoms with E-state index in [9.17, 15) is 9.59 Å². The maximum atomic E-state index is 11.1. The van der Waals surface area contributed by atoms with Crippen LogP contribution >= 0.6 is 0 Å². The van der Waals surface area contributed by atoms with Crippen molar-refractivity contribution in [3.05, 3.63) is 34.2 Å². The van der Waals surface area contributed by atoms with E-state index in [0.717, 1.165) is 22.9 Å². The number of hydrogen-bond donors (Lipinski definition) is 2. The van der Waals surface area contributed by atoms with Crippen molar-refractivity contribution in [2.24, 2.45) is 0 Å². The van der Waals surface area contributed by atoms with Gasteiger partial charge < -0.3 is 19.5 Å². The molecular formula is C11H10N2O3. The summed E-state index contributed by atoms with van der Waals surface area (Å²) in [6.45, 7) is 0.827. The first-order valence-electron chi connectivity index (χ1n) is 5.00. The number of rotatable bonds is 2. The van der Waals surface area contributed by atoms with Crippen LogP contribution in [0, 0.1) is 0 Å². The molecular weight excluding hydrogens is 208 g/mol. The summed E-state index contributed by atoms with van der Waals surface area (Å²) in [5.41, 5.74) is 1.59. The van der Waals surface area contributed by atoms with E-state index >= 15 is 0 Å². The number of fused-ring (bicyclic) bond motifs is 1. The van der Waals surface area contributed by atoms with Crippen molar-refractivity contribution in [3.8, 4) is 0 Å². The van der Waals surface area contributed by atoms with E-state index < -0.39 is 5.41 Å². The summed E-state index contributed by atoms with van der Waals surface area (Å²) in [5.74, 6) is 0. The molecule has 1 aliphatic heterocycles. The van der Waals surface area contributed by atoms with Crippen LogP contribution in [0.3, 0.4) is 0 Å². The van der Waals surface area contributed by atoms with Crippen LogP contribution in [0.4, 0.5) is 0 Å². The molecule has 0 unspecified atom stereocenters. The van der Waals surface area contributed by atoms with Crippen molar-refractivity contribution in [2.45, 2.75) is 5.41 Å². The largest absolute Gasteiger partial charge is 0.379 e. The maximum Gasteiger partial charge on any atom is 0.323 e. The third kappa shape index (κ3) is 1.15. The molecule has 1 fully saturated rings. The molecule has 16 heavy (non-hydrogen) atoms. The molecule has 0 radical (unpaired) electrons. The lowest BCUT2D eigenvalue weighted by Crippen LogP contribution is -2.48. The van der Waals surface area contributed by atoms with Crippen LogP contribution < -0.4 is 5.69 Å². The number of carbonyl (C=O) groups is 1. The zero-order valence-corrected chi connectivity index (χ0v) is 8.45. The fraction of sp³-hybridized carbons (Fsp3) is 0.273. The van der Waals surface area contributed by atoms with E-state index in [4.69, 9.17) is 4.74 Å². The Labute approximate surface area is 90.4 Å². The summed E-state index contributed by atoms with van der Waals surface area (Å²) in [4.78, 5) is 27.5. The smallest absolute Gasteiger partial charge is 0.323 e. The van der Waals surface area contributed by atoms with E-state index in [1.54, 1.807) is 6.07 Å². The normalized spacial score (nSPS) is 18.2. The second kappa shape index (κ2) is 3.05. The average Bonchev–Trinajstić information content (AvgIpc) is 2.56. The Balaban J connectivity index is 2.17. The molecule has 5 heteroatoms. The summed E-state index contributed by atoms with van der Waals surface area (Å²) in [5, 5.41) is 0. The van der Waals surface area contributed by atoms with Gasteiger partial charge in [0.25, 0.3) is 0 Å². The van der Waals surface area contributed by atoms with E-state index in [1.807, 2.05) is 12.1 Å². The van der Waals surface area contributed by atoms with Crippen LogP contribution in [-0.2, 0) is 14.9 Å². The lowest BCUT2D eigenvalue weighted by Gasteiger charge is -2.36. The van der Waals surface area contributed by atoms with Gasteiger partial charge in [-0.05, 0) is 17.7 Å². The zero-order chi connectivity index (χ0) is 11.2. The zero-order valence-electron chi connectivity index (χ0n) is 8.45. The molecule has 0 aliphatic carbocycles. The minimum Gasteiger partial charge on any atom is -0.379 e. The Morgan fingerprint density at radius 1 is 1.25 bits per heavy atom. The third-order valence-electron chi connectivity index (χ3n) is 3.04. The number of H-pyrrole nitrogens is 2. The maximum absolute atomic E-state index is 11.1. The van der Waals surface area contributed by atoms with Gasteiger partial charge in [-0.25, -0.2) is 4.79 Å². The molecule has 2 aromatic rings. The van der Waals surface area contributed by atoms with E-state index in [-0.39, 0.29) is 5.69 Å². The van der Waals surface area contributed by atoms with Gasteiger partial charge in [0.2, 0.25) is 0 Å². The molecule has 5 nitrogen and oxygen atoms in total. The van der Waals surface area contributed by atoms with Crippen LogP contribution in [0.5, 0.6) is 0 Å². The second-order valence-corrected chi connectivity index (χ2v) is 4.11. The number of imidazole rings is 1. The van der Waals surface area contributed by atoms with Gasteiger partial charge >= 0.3 is 5.69 Å². The number of nitrogens with one attached hydrogen (secondary N) is 2. The van der Waals surface area contributed by atoms with Crippen LogP contribution in [-0.4, -0.2) is 29.5 Å². The molecule has 0 bridgehead atoms. The highest BCUT2D eigenvalue weighted by Gasteiger charge is 2.40. The summed E-state index contributed by atoms with van der Waals surface area (Å²) in [6, 6.07) is 5.47. The van der Waals surface area contributed by atoms with Crippen molar-refractivity contribution in [1.29, 1.82) is 0 Å². The van der Waals surface area contributed by atoms with Gasteiger partial charge in [-0.15, -0.1) is 0 Å². The minimum absolute atomic E-state index is 0.239. The second-order valence-electron chi connectivity index (χ2n) is 4.11. The summed E-state index contributed by atoms with van der Waals surface area (Å²) < 4.78 is 5.09. The summed E-state index contributed by atoms with van der Waals surface area (Å²) in [7, 11) is 0. The van der Waals surface area contributed by atoms with Crippen molar-refractivity contribution in [2.75, 3.05) is 13.2 Å². The Bertz CT molecular complexity index is 607. The van der Waals surface area contributed by atoms with Crippen LogP contribution in [0.25, 0.3) is 11.0 Å². The molecule has 2 N–H and O–H groups in total. The van der Waals surface area contributed by atoms with Crippen molar-refractivity contribution in [1.82, 2.24) is 9.97 Å². The van der Waals surface area contributed by atoms with Crippen molar-refractivity contribution in [3.63, 3.8) is 0 Å². The molecule has 0 atom stereocenters. The lowest BCUT2D eigenvalue weighted by atomic mass is 9.80. The highest BCUT2D eigenvalue weighted by molar-refractivity contribution is 5.79. The highest BCUT2D eigenvalue weighted by atomic mass is 16.5. The predicted molar refractivity (Wildman–Crippen MR) is 57.5 cm³/mol. The summed E-state index contributed by atoms with van der Waals surface area (Å²) >= 11 is 0. The van der Waals surface area contributed by atoms with Crippen LogP contribution in [0.1, 0.15) is 5.56 Å². The number of ether oxygens (including phenoxy) is 1. The van der Waals surface area contributed by atoms with Crippen molar-refractivity contribution < 1.29 is 9.53 Å². The Morgan fingerprint density at radius 2 is 2.00 bits per heavy atom. The molecule has 0 amide bonds. The monoisotopic (exact) mass is 218 g/mol. The van der Waals surface area contributed by atoms with E-state index in [2.05, 4.69) is 9.97 Å². The van der Waals surface area contributed by atoms with Crippen LogP contribution in [0.15, 0.2) is 23.0 Å². The number of aldehydes is 1.